The van der Waals surface area contributed by atoms with Crippen LogP contribution in [0.5, 0.6) is 0 Å². The quantitative estimate of drug-likeness (QED) is 0.907. The lowest BCUT2D eigenvalue weighted by Crippen LogP contribution is -2.23. The van der Waals surface area contributed by atoms with Crippen LogP contribution >= 0.6 is 15.9 Å². The number of carbonyl (C=O) groups excluding carboxylic acids is 1. The van der Waals surface area contributed by atoms with E-state index in [1.807, 2.05) is 6.07 Å². The van der Waals surface area contributed by atoms with Crippen LogP contribution in [0.4, 0.5) is 10.1 Å². The molecule has 16 heavy (non-hydrogen) atoms. The lowest BCUT2D eigenvalue weighted by Gasteiger charge is -2.10. The van der Waals surface area contributed by atoms with Gasteiger partial charge < -0.3 is 5.32 Å². The van der Waals surface area contributed by atoms with Gasteiger partial charge in [0.2, 0.25) is 5.91 Å². The Labute approximate surface area is 100 Å². The summed E-state index contributed by atoms with van der Waals surface area (Å²) in [5.74, 6) is -0.947. The smallest absolute Gasteiger partial charge is 0.244 e. The van der Waals surface area contributed by atoms with E-state index in [0.29, 0.717) is 17.3 Å². The van der Waals surface area contributed by atoms with E-state index in [1.165, 1.54) is 12.1 Å². The zero-order chi connectivity index (χ0) is 11.8. The first-order valence-corrected chi connectivity index (χ1v) is 5.55. The minimum Gasteiger partial charge on any atom is -0.321 e. The zero-order valence-corrected chi connectivity index (χ0v) is 9.84. The molecule has 0 spiro atoms. The van der Waals surface area contributed by atoms with E-state index in [2.05, 4.69) is 21.2 Å². The van der Waals surface area contributed by atoms with Crippen molar-refractivity contribution >= 4 is 27.5 Å². The molecule has 0 aromatic heterocycles. The molecule has 1 aliphatic carbocycles. The van der Waals surface area contributed by atoms with Gasteiger partial charge in [0.25, 0.3) is 0 Å². The number of anilines is 1. The number of hydrogen-bond acceptors (Lipinski definition) is 2. The van der Waals surface area contributed by atoms with Crippen molar-refractivity contribution in [1.29, 1.82) is 5.26 Å². The molecule has 1 saturated carbocycles. The summed E-state index contributed by atoms with van der Waals surface area (Å²) in [6, 6.07) is 6.38. The predicted molar refractivity (Wildman–Crippen MR) is 60.0 cm³/mol. The maximum atomic E-state index is 13.4. The molecule has 1 fully saturated rings. The minimum atomic E-state index is -0.943. The van der Waals surface area contributed by atoms with E-state index < -0.39 is 17.1 Å². The van der Waals surface area contributed by atoms with Gasteiger partial charge in [0.1, 0.15) is 11.2 Å². The van der Waals surface area contributed by atoms with Gasteiger partial charge in [-0.15, -0.1) is 0 Å². The van der Waals surface area contributed by atoms with E-state index in [0.717, 1.165) is 0 Å². The molecule has 2 rings (SSSR count). The summed E-state index contributed by atoms with van der Waals surface area (Å²) in [6.45, 7) is 0. The molecule has 0 radical (unpaired) electrons. The summed E-state index contributed by atoms with van der Waals surface area (Å²) in [6.07, 6.45) is 1.09. The van der Waals surface area contributed by atoms with Gasteiger partial charge >= 0.3 is 0 Å². The molecule has 1 amide bonds. The third-order valence-electron chi connectivity index (χ3n) is 2.60. The maximum Gasteiger partial charge on any atom is 0.244 e. The molecule has 0 bridgehead atoms. The highest BCUT2D eigenvalue weighted by Gasteiger charge is 2.50. The number of nitriles is 1. The largest absolute Gasteiger partial charge is 0.321 e. The highest BCUT2D eigenvalue weighted by Crippen LogP contribution is 2.46. The number of para-hydroxylation sites is 1. The van der Waals surface area contributed by atoms with Crippen molar-refractivity contribution in [2.45, 2.75) is 12.8 Å². The Morgan fingerprint density at radius 3 is 2.75 bits per heavy atom. The minimum absolute atomic E-state index is 0.0917. The van der Waals surface area contributed by atoms with E-state index in [1.54, 1.807) is 6.07 Å². The van der Waals surface area contributed by atoms with Crippen molar-refractivity contribution in [1.82, 2.24) is 0 Å². The first-order chi connectivity index (χ1) is 7.59. The third-order valence-corrected chi connectivity index (χ3v) is 3.26. The Bertz CT molecular complexity index is 471. The molecule has 5 heteroatoms. The van der Waals surface area contributed by atoms with E-state index in [9.17, 15) is 9.18 Å². The lowest BCUT2D eigenvalue weighted by molar-refractivity contribution is -0.119. The molecule has 82 valence electrons. The van der Waals surface area contributed by atoms with Gasteiger partial charge in [0.05, 0.1) is 11.8 Å². The molecule has 1 aromatic carbocycles. The van der Waals surface area contributed by atoms with E-state index in [-0.39, 0.29) is 5.69 Å². The second kappa shape index (κ2) is 3.87. The van der Waals surface area contributed by atoms with Gasteiger partial charge in [0.15, 0.2) is 0 Å². The van der Waals surface area contributed by atoms with Crippen LogP contribution in [0, 0.1) is 22.6 Å². The molecule has 0 heterocycles. The maximum absolute atomic E-state index is 13.4. The number of rotatable bonds is 2. The summed E-state index contributed by atoms with van der Waals surface area (Å²) in [5.41, 5.74) is -0.851. The van der Waals surface area contributed by atoms with E-state index >= 15 is 0 Å². The fraction of sp³-hybridized carbons (Fsp3) is 0.273. The van der Waals surface area contributed by atoms with E-state index in [4.69, 9.17) is 5.26 Å². The van der Waals surface area contributed by atoms with Crippen LogP contribution in [-0.4, -0.2) is 5.91 Å². The van der Waals surface area contributed by atoms with Gasteiger partial charge in [-0.2, -0.15) is 5.26 Å². The van der Waals surface area contributed by atoms with Gasteiger partial charge in [-0.25, -0.2) is 4.39 Å². The molecule has 0 saturated heterocycles. The van der Waals surface area contributed by atoms with Crippen LogP contribution in [-0.2, 0) is 4.79 Å². The normalized spacial score (nSPS) is 16.3. The molecule has 0 unspecified atom stereocenters. The average molecular weight is 283 g/mol. The fourth-order valence-corrected chi connectivity index (χ4v) is 1.81. The Morgan fingerprint density at radius 2 is 2.25 bits per heavy atom. The van der Waals surface area contributed by atoms with Crippen molar-refractivity contribution in [2.75, 3.05) is 5.32 Å². The van der Waals surface area contributed by atoms with Crippen molar-refractivity contribution in [3.05, 3.63) is 28.5 Å². The standard InChI is InChI=1S/C11H8BrFN2O/c12-7-2-1-3-8(13)9(7)15-10(16)11(6-14)4-5-11/h1-3H,4-5H2,(H,15,16). The summed E-state index contributed by atoms with van der Waals surface area (Å²) < 4.78 is 13.9. The molecule has 1 N–H and O–H groups in total. The summed E-state index contributed by atoms with van der Waals surface area (Å²) in [5, 5.41) is 11.3. The molecule has 0 atom stereocenters. The summed E-state index contributed by atoms with van der Waals surface area (Å²) >= 11 is 3.15. The number of nitrogens with one attached hydrogen (secondary N) is 1. The molecular weight excluding hydrogens is 275 g/mol. The predicted octanol–water partition coefficient (Wildman–Crippen LogP) is 2.83. The number of amides is 1. The molecule has 1 aromatic rings. The van der Waals surface area contributed by atoms with Crippen LogP contribution in [0.15, 0.2) is 22.7 Å². The Hall–Kier alpha value is -1.41. The van der Waals surface area contributed by atoms with Crippen LogP contribution in [0.25, 0.3) is 0 Å². The Morgan fingerprint density at radius 1 is 1.56 bits per heavy atom. The number of benzene rings is 1. The van der Waals surface area contributed by atoms with Gasteiger partial charge in [0, 0.05) is 4.47 Å². The van der Waals surface area contributed by atoms with Gasteiger partial charge in [-0.3, -0.25) is 4.79 Å². The molecule has 0 aliphatic heterocycles. The van der Waals surface area contributed by atoms with Gasteiger partial charge in [-0.05, 0) is 40.9 Å². The highest BCUT2D eigenvalue weighted by molar-refractivity contribution is 9.10. The summed E-state index contributed by atoms with van der Waals surface area (Å²) in [4.78, 5) is 11.7. The monoisotopic (exact) mass is 282 g/mol. The highest BCUT2D eigenvalue weighted by atomic mass is 79.9. The number of halogens is 2. The zero-order valence-electron chi connectivity index (χ0n) is 8.26. The van der Waals surface area contributed by atoms with Crippen molar-refractivity contribution in [3.63, 3.8) is 0 Å². The molecular formula is C11H8BrFN2O. The molecule has 1 aliphatic rings. The SMILES string of the molecule is N#CC1(C(=O)Nc2c(F)cccc2Br)CC1. The second-order valence-corrected chi connectivity index (χ2v) is 4.60. The van der Waals surface area contributed by atoms with Crippen molar-refractivity contribution in [2.24, 2.45) is 5.41 Å². The summed E-state index contributed by atoms with van der Waals surface area (Å²) in [7, 11) is 0. The van der Waals surface area contributed by atoms with Crippen molar-refractivity contribution in [3.8, 4) is 6.07 Å². The topological polar surface area (TPSA) is 52.9 Å². The first-order valence-electron chi connectivity index (χ1n) is 4.76. The fourth-order valence-electron chi connectivity index (χ4n) is 1.37. The number of nitrogens with zero attached hydrogens (tertiary/aromatic N) is 1. The number of carbonyl (C=O) groups is 1. The van der Waals surface area contributed by atoms with Gasteiger partial charge in [-0.1, -0.05) is 6.07 Å². The van der Waals surface area contributed by atoms with Crippen LogP contribution in [0.2, 0.25) is 0 Å². The van der Waals surface area contributed by atoms with Crippen molar-refractivity contribution < 1.29 is 9.18 Å². The Balaban J connectivity index is 2.23. The average Bonchev–Trinajstić information content (AvgIpc) is 3.04. The number of hydrogen-bond donors (Lipinski definition) is 1. The van der Waals surface area contributed by atoms with Crippen LogP contribution < -0.4 is 5.32 Å². The second-order valence-electron chi connectivity index (χ2n) is 3.74. The van der Waals surface area contributed by atoms with Crippen LogP contribution in [0.1, 0.15) is 12.8 Å². The first kappa shape index (κ1) is 11.1. The lowest BCUT2D eigenvalue weighted by atomic mass is 10.1. The Kier molecular flexibility index (Phi) is 2.68. The molecule has 3 nitrogen and oxygen atoms in total. The van der Waals surface area contributed by atoms with Crippen LogP contribution in [0.3, 0.4) is 0 Å². The third kappa shape index (κ3) is 1.81.